The minimum Gasteiger partial charge on any atom is -0.433 e. The zero-order valence-electron chi connectivity index (χ0n) is 10.1. The van der Waals surface area contributed by atoms with E-state index in [1.54, 1.807) is 7.05 Å². The van der Waals surface area contributed by atoms with Crippen LogP contribution < -0.4 is 15.4 Å². The van der Waals surface area contributed by atoms with Crippen LogP contribution in [-0.4, -0.2) is 26.1 Å². The first-order chi connectivity index (χ1) is 8.52. The van der Waals surface area contributed by atoms with Crippen LogP contribution >= 0.6 is 24.0 Å². The van der Waals surface area contributed by atoms with Gasteiger partial charge in [-0.05, 0) is 25.2 Å². The van der Waals surface area contributed by atoms with Crippen molar-refractivity contribution in [2.75, 3.05) is 18.9 Å². The fourth-order valence-corrected chi connectivity index (χ4v) is 1.46. The van der Waals surface area contributed by atoms with Gasteiger partial charge in [-0.15, -0.1) is 12.4 Å². The molecule has 19 heavy (non-hydrogen) atoms. The molecule has 0 fully saturated rings. The van der Waals surface area contributed by atoms with Gasteiger partial charge in [0.2, 0.25) is 5.91 Å². The van der Waals surface area contributed by atoms with Gasteiger partial charge in [0, 0.05) is 18.7 Å². The first-order valence-electron chi connectivity index (χ1n) is 5.21. The summed E-state index contributed by atoms with van der Waals surface area (Å²) in [5.41, 5.74) is 0.433. The van der Waals surface area contributed by atoms with Crippen molar-refractivity contribution in [3.05, 3.63) is 23.2 Å². The largest absolute Gasteiger partial charge is 0.433 e. The zero-order chi connectivity index (χ0) is 13.5. The Morgan fingerprint density at radius 2 is 2.16 bits per heavy atom. The summed E-state index contributed by atoms with van der Waals surface area (Å²) in [6, 6.07) is 4.08. The number of carbonyl (C=O) groups is 1. The second-order valence-corrected chi connectivity index (χ2v) is 3.83. The highest BCUT2D eigenvalue weighted by molar-refractivity contribution is 6.32. The number of hydrogen-bond acceptors (Lipinski definition) is 3. The molecule has 0 saturated carbocycles. The number of hydrogen-bond donors (Lipinski definition) is 2. The van der Waals surface area contributed by atoms with E-state index >= 15 is 0 Å². The van der Waals surface area contributed by atoms with E-state index in [9.17, 15) is 13.6 Å². The molecule has 0 heterocycles. The number of benzene rings is 1. The van der Waals surface area contributed by atoms with Crippen LogP contribution in [0, 0.1) is 0 Å². The average Bonchev–Trinajstić information content (AvgIpc) is 2.29. The Bertz CT molecular complexity index is 420. The molecule has 0 spiro atoms. The van der Waals surface area contributed by atoms with Gasteiger partial charge in [0.05, 0.1) is 5.02 Å². The van der Waals surface area contributed by atoms with Crippen LogP contribution in [0.5, 0.6) is 5.75 Å². The Kier molecular flexibility index (Phi) is 8.38. The number of halogens is 4. The van der Waals surface area contributed by atoms with E-state index in [1.807, 2.05) is 0 Å². The summed E-state index contributed by atoms with van der Waals surface area (Å²) in [6.07, 6.45) is 0.309. The van der Waals surface area contributed by atoms with Crippen LogP contribution in [0.25, 0.3) is 0 Å². The number of rotatable bonds is 6. The van der Waals surface area contributed by atoms with Crippen molar-refractivity contribution in [2.24, 2.45) is 0 Å². The SMILES string of the molecule is CNCCC(=O)Nc1ccc(OC(F)F)c(Cl)c1.Cl. The third-order valence-corrected chi connectivity index (χ3v) is 2.33. The molecule has 108 valence electrons. The van der Waals surface area contributed by atoms with Gasteiger partial charge in [-0.3, -0.25) is 4.79 Å². The highest BCUT2D eigenvalue weighted by Gasteiger charge is 2.10. The van der Waals surface area contributed by atoms with E-state index in [1.165, 1.54) is 18.2 Å². The minimum absolute atomic E-state index is 0. The summed E-state index contributed by atoms with van der Waals surface area (Å²) >= 11 is 5.74. The highest BCUT2D eigenvalue weighted by atomic mass is 35.5. The van der Waals surface area contributed by atoms with E-state index in [0.717, 1.165) is 0 Å². The third-order valence-electron chi connectivity index (χ3n) is 2.03. The maximum atomic E-state index is 12.0. The Morgan fingerprint density at radius 1 is 1.47 bits per heavy atom. The summed E-state index contributed by atoms with van der Waals surface area (Å²) in [7, 11) is 1.74. The van der Waals surface area contributed by atoms with Crippen LogP contribution in [0.1, 0.15) is 6.42 Å². The van der Waals surface area contributed by atoms with Gasteiger partial charge in [0.25, 0.3) is 0 Å². The van der Waals surface area contributed by atoms with Crippen LogP contribution in [0.2, 0.25) is 5.02 Å². The van der Waals surface area contributed by atoms with E-state index in [4.69, 9.17) is 11.6 Å². The highest BCUT2D eigenvalue weighted by Crippen LogP contribution is 2.28. The summed E-state index contributed by atoms with van der Waals surface area (Å²) in [6.45, 7) is -2.38. The summed E-state index contributed by atoms with van der Waals surface area (Å²) in [5, 5.41) is 5.44. The number of carbonyl (C=O) groups excluding carboxylic acids is 1. The van der Waals surface area contributed by atoms with Gasteiger partial charge >= 0.3 is 6.61 Å². The van der Waals surface area contributed by atoms with Crippen molar-refractivity contribution in [3.8, 4) is 5.75 Å². The van der Waals surface area contributed by atoms with Crippen LogP contribution in [-0.2, 0) is 4.79 Å². The lowest BCUT2D eigenvalue weighted by Crippen LogP contribution is -2.18. The topological polar surface area (TPSA) is 50.4 Å². The molecule has 0 unspecified atom stereocenters. The molecule has 0 aromatic heterocycles. The Morgan fingerprint density at radius 3 is 2.68 bits per heavy atom. The maximum absolute atomic E-state index is 12.0. The van der Waals surface area contributed by atoms with Crippen LogP contribution in [0.15, 0.2) is 18.2 Å². The molecule has 0 aliphatic carbocycles. The molecule has 1 aromatic carbocycles. The number of anilines is 1. The van der Waals surface area contributed by atoms with Gasteiger partial charge in [-0.2, -0.15) is 8.78 Å². The monoisotopic (exact) mass is 314 g/mol. The van der Waals surface area contributed by atoms with Crippen molar-refractivity contribution >= 4 is 35.6 Å². The number of nitrogens with one attached hydrogen (secondary N) is 2. The van der Waals surface area contributed by atoms with E-state index in [2.05, 4.69) is 15.4 Å². The van der Waals surface area contributed by atoms with Gasteiger partial charge in [0.1, 0.15) is 5.75 Å². The molecule has 1 rings (SSSR count). The molecule has 4 nitrogen and oxygen atoms in total. The van der Waals surface area contributed by atoms with Crippen molar-refractivity contribution in [1.82, 2.24) is 5.32 Å². The average molecular weight is 315 g/mol. The molecular weight excluding hydrogens is 301 g/mol. The second kappa shape index (κ2) is 8.90. The van der Waals surface area contributed by atoms with Gasteiger partial charge in [0.15, 0.2) is 0 Å². The van der Waals surface area contributed by atoms with Gasteiger partial charge < -0.3 is 15.4 Å². The van der Waals surface area contributed by atoms with E-state index in [0.29, 0.717) is 18.7 Å². The summed E-state index contributed by atoms with van der Waals surface area (Å²) in [4.78, 5) is 11.4. The molecule has 0 saturated heterocycles. The van der Waals surface area contributed by atoms with Crippen molar-refractivity contribution < 1.29 is 18.3 Å². The lowest BCUT2D eigenvalue weighted by molar-refractivity contribution is -0.116. The van der Waals surface area contributed by atoms with Crippen molar-refractivity contribution in [3.63, 3.8) is 0 Å². The van der Waals surface area contributed by atoms with E-state index < -0.39 is 6.61 Å². The Hall–Kier alpha value is -1.11. The lowest BCUT2D eigenvalue weighted by Gasteiger charge is -2.09. The Balaban J connectivity index is 0.00000324. The fourth-order valence-electron chi connectivity index (χ4n) is 1.23. The molecule has 0 atom stereocenters. The molecule has 8 heteroatoms. The maximum Gasteiger partial charge on any atom is 0.387 e. The van der Waals surface area contributed by atoms with E-state index in [-0.39, 0.29) is 29.1 Å². The Labute approximate surface area is 120 Å². The molecule has 1 amide bonds. The van der Waals surface area contributed by atoms with Crippen molar-refractivity contribution in [1.29, 1.82) is 0 Å². The van der Waals surface area contributed by atoms with Gasteiger partial charge in [-0.1, -0.05) is 11.6 Å². The smallest absolute Gasteiger partial charge is 0.387 e. The predicted molar refractivity (Wildman–Crippen MR) is 72.5 cm³/mol. The fraction of sp³-hybridized carbons (Fsp3) is 0.364. The number of amides is 1. The van der Waals surface area contributed by atoms with Crippen molar-refractivity contribution in [2.45, 2.75) is 13.0 Å². The zero-order valence-corrected chi connectivity index (χ0v) is 11.7. The molecule has 2 N–H and O–H groups in total. The third kappa shape index (κ3) is 6.56. The van der Waals surface area contributed by atoms with Crippen LogP contribution in [0.4, 0.5) is 14.5 Å². The first-order valence-corrected chi connectivity index (χ1v) is 5.59. The molecule has 1 aromatic rings. The number of ether oxygens (including phenoxy) is 1. The summed E-state index contributed by atoms with van der Waals surface area (Å²) in [5.74, 6) is -0.317. The molecular formula is C11H14Cl2F2N2O2. The summed E-state index contributed by atoms with van der Waals surface area (Å²) < 4.78 is 28.2. The molecule has 0 radical (unpaired) electrons. The minimum atomic E-state index is -2.93. The number of alkyl halides is 2. The second-order valence-electron chi connectivity index (χ2n) is 3.43. The quantitative estimate of drug-likeness (QED) is 0.849. The molecule has 0 bridgehead atoms. The predicted octanol–water partition coefficient (Wildman–Crippen LogP) is 2.91. The first kappa shape index (κ1) is 17.9. The lowest BCUT2D eigenvalue weighted by atomic mass is 10.3. The van der Waals surface area contributed by atoms with Crippen LogP contribution in [0.3, 0.4) is 0 Å². The van der Waals surface area contributed by atoms with Gasteiger partial charge in [-0.25, -0.2) is 0 Å². The molecule has 0 aliphatic heterocycles. The normalized spacial score (nSPS) is 9.95. The molecule has 0 aliphatic rings. The standard InChI is InChI=1S/C11H13ClF2N2O2.ClH/c1-15-5-4-10(17)16-7-2-3-9(8(12)6-7)18-11(13)14;/h2-3,6,11,15H,4-5H2,1H3,(H,16,17);1H.